The molecule has 1 aromatic carbocycles. The summed E-state index contributed by atoms with van der Waals surface area (Å²) in [7, 11) is 0. The Hall–Kier alpha value is -1.46. The lowest BCUT2D eigenvalue weighted by Crippen LogP contribution is -2.44. The van der Waals surface area contributed by atoms with E-state index in [1.54, 1.807) is 0 Å². The van der Waals surface area contributed by atoms with Gasteiger partial charge in [0.25, 0.3) is 0 Å². The average molecular weight is 311 g/mol. The van der Waals surface area contributed by atoms with Crippen molar-refractivity contribution in [2.75, 3.05) is 12.0 Å². The molecule has 0 aliphatic carbocycles. The van der Waals surface area contributed by atoms with Crippen LogP contribution in [0.4, 0.5) is 5.69 Å². The largest absolute Gasteiger partial charge is 0.319 e. The van der Waals surface area contributed by atoms with Crippen molar-refractivity contribution >= 4 is 18.1 Å². The summed E-state index contributed by atoms with van der Waals surface area (Å²) in [5.74, 6) is 0. The van der Waals surface area contributed by atoms with Crippen LogP contribution in [0.5, 0.6) is 0 Å². The molecule has 1 saturated heterocycles. The molecule has 0 spiro atoms. The second-order valence-electron chi connectivity index (χ2n) is 5.45. The zero-order valence-corrected chi connectivity index (χ0v) is 13.5. The van der Waals surface area contributed by atoms with Gasteiger partial charge in [0.2, 0.25) is 0 Å². The van der Waals surface area contributed by atoms with Crippen molar-refractivity contribution in [1.82, 2.24) is 10.7 Å². The van der Waals surface area contributed by atoms with Crippen LogP contribution in [0, 0.1) is 20.8 Å². The highest BCUT2D eigenvalue weighted by Gasteiger charge is 2.22. The van der Waals surface area contributed by atoms with E-state index in [4.69, 9.17) is 5.53 Å². The molecule has 116 valence electrons. The molecule has 1 aromatic rings. The summed E-state index contributed by atoms with van der Waals surface area (Å²) < 4.78 is 0. The Balaban J connectivity index is 0.00000220. The number of nitrogens with one attached hydrogen (secondary N) is 3. The van der Waals surface area contributed by atoms with Gasteiger partial charge in [-0.15, -0.1) is 12.4 Å². The van der Waals surface area contributed by atoms with E-state index in [9.17, 15) is 0 Å². The maximum atomic E-state index is 8.33. The van der Waals surface area contributed by atoms with Crippen LogP contribution in [-0.4, -0.2) is 18.8 Å². The van der Waals surface area contributed by atoms with Crippen LogP contribution in [0.1, 0.15) is 29.5 Å². The Morgan fingerprint density at radius 2 is 1.95 bits per heavy atom. The maximum absolute atomic E-state index is 8.33. The summed E-state index contributed by atoms with van der Waals surface area (Å²) in [6.45, 7) is 6.83. The molecule has 2 rings (SSSR count). The molecule has 1 aliphatic heterocycles. The zero-order chi connectivity index (χ0) is 14.5. The number of azide groups is 1. The third kappa shape index (κ3) is 4.79. The Labute approximate surface area is 131 Å². The first-order valence-electron chi connectivity index (χ1n) is 6.96. The Morgan fingerprint density at radius 3 is 2.57 bits per heavy atom. The Bertz CT molecular complexity index is 503. The highest BCUT2D eigenvalue weighted by Crippen LogP contribution is 2.21. The minimum atomic E-state index is 0. The number of hydrogen-bond donors (Lipinski definition) is 3. The first-order valence-corrected chi connectivity index (χ1v) is 6.96. The number of rotatable bonds is 5. The lowest BCUT2D eigenvalue weighted by molar-refractivity contribution is 0.489. The monoisotopic (exact) mass is 310 g/mol. The molecule has 7 heteroatoms. The fourth-order valence-corrected chi connectivity index (χ4v) is 2.75. The van der Waals surface area contributed by atoms with Gasteiger partial charge in [0.1, 0.15) is 0 Å². The van der Waals surface area contributed by atoms with Crippen LogP contribution < -0.4 is 16.2 Å². The van der Waals surface area contributed by atoms with Crippen LogP contribution in [0.25, 0.3) is 10.4 Å². The van der Waals surface area contributed by atoms with Crippen molar-refractivity contribution in [3.8, 4) is 0 Å². The second kappa shape index (κ2) is 8.10. The van der Waals surface area contributed by atoms with E-state index in [-0.39, 0.29) is 24.6 Å². The molecule has 1 unspecified atom stereocenters. The molecule has 1 fully saturated rings. The van der Waals surface area contributed by atoms with Crippen LogP contribution in [-0.2, 0) is 0 Å². The standard InChI is InChI=1S/C14H22N6.ClH/c1-9-6-10(2)14(11(3)7-9)19-18-13-5-4-12(17-13)8-16-20-15;/h6-7,12-13,17-19H,4-5,8H2,1-3H3;1H/t12-,13?;/m0./s1. The van der Waals surface area contributed by atoms with Crippen molar-refractivity contribution in [2.45, 2.75) is 45.8 Å². The van der Waals surface area contributed by atoms with Crippen LogP contribution in [0.3, 0.4) is 0 Å². The second-order valence-corrected chi connectivity index (χ2v) is 5.45. The quantitative estimate of drug-likeness (QED) is 0.337. The van der Waals surface area contributed by atoms with Crippen molar-refractivity contribution in [3.63, 3.8) is 0 Å². The molecule has 0 aromatic heterocycles. The molecule has 6 nitrogen and oxygen atoms in total. The molecule has 1 aliphatic rings. The van der Waals surface area contributed by atoms with Gasteiger partial charge in [0.15, 0.2) is 0 Å². The third-order valence-electron chi connectivity index (χ3n) is 3.65. The smallest absolute Gasteiger partial charge is 0.0752 e. The van der Waals surface area contributed by atoms with Crippen LogP contribution >= 0.6 is 12.4 Å². The number of aryl methyl sites for hydroxylation is 3. The fraction of sp³-hybridized carbons (Fsp3) is 0.571. The summed E-state index contributed by atoms with van der Waals surface area (Å²) >= 11 is 0. The summed E-state index contributed by atoms with van der Waals surface area (Å²) in [4.78, 5) is 2.80. The van der Waals surface area contributed by atoms with Gasteiger partial charge in [-0.1, -0.05) is 22.8 Å². The predicted octanol–water partition coefficient (Wildman–Crippen LogP) is 3.34. The minimum Gasteiger partial charge on any atom is -0.319 e. The average Bonchev–Trinajstić information content (AvgIpc) is 2.83. The molecule has 0 radical (unpaired) electrons. The molecule has 3 N–H and O–H groups in total. The summed E-state index contributed by atoms with van der Waals surface area (Å²) in [5, 5.41) is 7.02. The fourth-order valence-electron chi connectivity index (χ4n) is 2.75. The molecular formula is C14H23ClN6. The van der Waals surface area contributed by atoms with Crippen molar-refractivity contribution < 1.29 is 0 Å². The molecule has 0 bridgehead atoms. The van der Waals surface area contributed by atoms with Gasteiger partial charge in [-0.05, 0) is 50.3 Å². The van der Waals surface area contributed by atoms with Gasteiger partial charge in [0.05, 0.1) is 11.9 Å². The third-order valence-corrected chi connectivity index (χ3v) is 3.65. The zero-order valence-electron chi connectivity index (χ0n) is 12.7. The molecule has 1 heterocycles. The molecule has 0 amide bonds. The number of halogens is 1. The van der Waals surface area contributed by atoms with Crippen LogP contribution in [0.2, 0.25) is 0 Å². The molecule has 21 heavy (non-hydrogen) atoms. The molecule has 0 saturated carbocycles. The van der Waals surface area contributed by atoms with Gasteiger partial charge < -0.3 is 5.43 Å². The number of anilines is 1. The summed E-state index contributed by atoms with van der Waals surface area (Å²) in [6, 6.07) is 4.61. The maximum Gasteiger partial charge on any atom is 0.0752 e. The van der Waals surface area contributed by atoms with Crippen LogP contribution in [0.15, 0.2) is 17.2 Å². The number of nitrogens with zero attached hydrogens (tertiary/aromatic N) is 3. The van der Waals surface area contributed by atoms with Crippen molar-refractivity contribution in [1.29, 1.82) is 0 Å². The van der Waals surface area contributed by atoms with E-state index in [0.29, 0.717) is 6.54 Å². The van der Waals surface area contributed by atoms with E-state index in [2.05, 4.69) is 59.1 Å². The topological polar surface area (TPSA) is 84.9 Å². The first-order chi connectivity index (χ1) is 9.60. The Kier molecular flexibility index (Phi) is 6.78. The molecule has 2 atom stereocenters. The summed E-state index contributed by atoms with van der Waals surface area (Å²) in [5.41, 5.74) is 19.8. The summed E-state index contributed by atoms with van der Waals surface area (Å²) in [6.07, 6.45) is 2.24. The van der Waals surface area contributed by atoms with E-state index < -0.39 is 0 Å². The lowest BCUT2D eigenvalue weighted by Gasteiger charge is -2.19. The predicted molar refractivity (Wildman–Crippen MR) is 88.6 cm³/mol. The highest BCUT2D eigenvalue weighted by molar-refractivity contribution is 5.85. The highest BCUT2D eigenvalue weighted by atomic mass is 35.5. The molecular weight excluding hydrogens is 288 g/mol. The van der Waals surface area contributed by atoms with Gasteiger partial charge in [-0.25, -0.2) is 5.43 Å². The number of hydrazine groups is 1. The Morgan fingerprint density at radius 1 is 1.29 bits per heavy atom. The van der Waals surface area contributed by atoms with E-state index in [1.165, 1.54) is 16.7 Å². The van der Waals surface area contributed by atoms with Crippen molar-refractivity contribution in [3.05, 3.63) is 39.3 Å². The number of hydrogen-bond acceptors (Lipinski definition) is 4. The van der Waals surface area contributed by atoms with Gasteiger partial charge in [-0.2, -0.15) is 0 Å². The van der Waals surface area contributed by atoms with E-state index >= 15 is 0 Å². The first kappa shape index (κ1) is 17.6. The number of benzene rings is 1. The van der Waals surface area contributed by atoms with Gasteiger partial charge in [0, 0.05) is 17.5 Å². The normalized spacial score (nSPS) is 20.5. The lowest BCUT2D eigenvalue weighted by atomic mass is 10.1. The van der Waals surface area contributed by atoms with Gasteiger partial charge >= 0.3 is 0 Å². The minimum absolute atomic E-state index is 0. The van der Waals surface area contributed by atoms with E-state index in [1.807, 2.05) is 0 Å². The van der Waals surface area contributed by atoms with Crippen molar-refractivity contribution in [2.24, 2.45) is 5.11 Å². The SMILES string of the molecule is Cc1cc(C)c(NNC2CC[C@@H](CN=[N+]=[N-])N2)c(C)c1.Cl. The van der Waals surface area contributed by atoms with Gasteiger partial charge in [-0.3, -0.25) is 5.32 Å². The van der Waals surface area contributed by atoms with E-state index in [0.717, 1.165) is 18.5 Å².